The number of piperazine rings is 1. The molecule has 1 atom stereocenters. The van der Waals surface area contributed by atoms with E-state index in [9.17, 15) is 0 Å². The molecule has 0 bridgehead atoms. The minimum Gasteiger partial charge on any atom is -0.497 e. The van der Waals surface area contributed by atoms with Crippen LogP contribution in [-0.4, -0.2) is 49.6 Å². The molecule has 26 heavy (non-hydrogen) atoms. The highest BCUT2D eigenvalue weighted by Gasteiger charge is 2.23. The molecule has 2 aromatic rings. The Morgan fingerprint density at radius 1 is 1.08 bits per heavy atom. The van der Waals surface area contributed by atoms with Crippen LogP contribution >= 0.6 is 0 Å². The molecule has 2 aromatic carbocycles. The van der Waals surface area contributed by atoms with Crippen molar-refractivity contribution >= 4 is 0 Å². The molecule has 1 fully saturated rings. The van der Waals surface area contributed by atoms with Gasteiger partial charge in [0.2, 0.25) is 0 Å². The Bertz CT molecular complexity index is 704. The predicted octanol–water partition coefficient (Wildman–Crippen LogP) is 3.80. The molecule has 140 valence electrons. The number of hydrogen-bond acceptors (Lipinski definition) is 4. The molecule has 0 aliphatic carbocycles. The molecule has 0 N–H and O–H groups in total. The lowest BCUT2D eigenvalue weighted by Gasteiger charge is -2.39. The number of nitrogens with zero attached hydrogens (tertiary/aromatic N) is 2. The predicted molar refractivity (Wildman–Crippen MR) is 106 cm³/mol. The van der Waals surface area contributed by atoms with E-state index in [1.165, 1.54) is 12.0 Å². The van der Waals surface area contributed by atoms with E-state index in [0.29, 0.717) is 12.6 Å². The first-order chi connectivity index (χ1) is 12.7. The molecule has 0 spiro atoms. The smallest absolute Gasteiger partial charge is 0.124 e. The fraction of sp³-hybridized carbons (Fsp3) is 0.455. The van der Waals surface area contributed by atoms with E-state index in [4.69, 9.17) is 9.47 Å². The molecule has 4 heteroatoms. The monoisotopic (exact) mass is 354 g/mol. The minimum absolute atomic E-state index is 0.550. The molecule has 1 aliphatic rings. The van der Waals surface area contributed by atoms with Gasteiger partial charge in [-0.15, -0.1) is 0 Å². The van der Waals surface area contributed by atoms with Crippen LogP contribution in [0.1, 0.15) is 24.5 Å². The Morgan fingerprint density at radius 3 is 2.73 bits per heavy atom. The number of para-hydroxylation sites is 1. The summed E-state index contributed by atoms with van der Waals surface area (Å²) in [7, 11) is 3.92. The van der Waals surface area contributed by atoms with Crippen molar-refractivity contribution in [2.45, 2.75) is 32.5 Å². The standard InChI is InChI=1S/C22H30N2O2/c1-4-20-16-24(13-12-23(20)2)15-19-9-5-6-11-22(19)26-17-18-8-7-10-21(14-18)25-3/h5-11,14,20H,4,12-13,15-17H2,1-3H3/t20-/m1/s1. The molecule has 0 amide bonds. The van der Waals surface area contributed by atoms with Crippen LogP contribution in [0.2, 0.25) is 0 Å². The van der Waals surface area contributed by atoms with Gasteiger partial charge in [0, 0.05) is 37.8 Å². The second-order valence-corrected chi connectivity index (χ2v) is 7.03. The summed E-state index contributed by atoms with van der Waals surface area (Å²) in [4.78, 5) is 5.02. The fourth-order valence-electron chi connectivity index (χ4n) is 3.53. The lowest BCUT2D eigenvalue weighted by Crippen LogP contribution is -2.50. The van der Waals surface area contributed by atoms with Crippen molar-refractivity contribution in [1.29, 1.82) is 0 Å². The van der Waals surface area contributed by atoms with Crippen molar-refractivity contribution in [3.8, 4) is 11.5 Å². The third kappa shape index (κ3) is 4.77. The van der Waals surface area contributed by atoms with E-state index < -0.39 is 0 Å². The number of hydrogen-bond donors (Lipinski definition) is 0. The van der Waals surface area contributed by atoms with Gasteiger partial charge in [-0.2, -0.15) is 0 Å². The summed E-state index contributed by atoms with van der Waals surface area (Å²) in [5.74, 6) is 1.84. The number of ether oxygens (including phenoxy) is 2. The van der Waals surface area contributed by atoms with Crippen LogP contribution in [0.3, 0.4) is 0 Å². The first kappa shape index (κ1) is 18.7. The molecule has 1 aliphatic heterocycles. The van der Waals surface area contributed by atoms with Crippen LogP contribution in [0.15, 0.2) is 48.5 Å². The Labute approximate surface area is 157 Å². The van der Waals surface area contributed by atoms with E-state index in [1.54, 1.807) is 7.11 Å². The van der Waals surface area contributed by atoms with Crippen LogP contribution in [0.4, 0.5) is 0 Å². The lowest BCUT2D eigenvalue weighted by atomic mass is 10.1. The van der Waals surface area contributed by atoms with Gasteiger partial charge in [-0.1, -0.05) is 37.3 Å². The van der Waals surface area contributed by atoms with Gasteiger partial charge in [0.1, 0.15) is 18.1 Å². The van der Waals surface area contributed by atoms with Gasteiger partial charge in [0.05, 0.1) is 7.11 Å². The van der Waals surface area contributed by atoms with Crippen LogP contribution < -0.4 is 9.47 Å². The van der Waals surface area contributed by atoms with E-state index >= 15 is 0 Å². The summed E-state index contributed by atoms with van der Waals surface area (Å²) in [6, 6.07) is 17.1. The average molecular weight is 354 g/mol. The summed E-state index contributed by atoms with van der Waals surface area (Å²) < 4.78 is 11.4. The van der Waals surface area contributed by atoms with Gasteiger partial charge in [0.25, 0.3) is 0 Å². The zero-order valence-electron chi connectivity index (χ0n) is 16.1. The summed E-state index contributed by atoms with van der Waals surface area (Å²) in [6.07, 6.45) is 1.20. The highest BCUT2D eigenvalue weighted by atomic mass is 16.5. The van der Waals surface area contributed by atoms with Crippen molar-refractivity contribution < 1.29 is 9.47 Å². The van der Waals surface area contributed by atoms with Crippen molar-refractivity contribution in [1.82, 2.24) is 9.80 Å². The van der Waals surface area contributed by atoms with Gasteiger partial charge in [-0.25, -0.2) is 0 Å². The van der Waals surface area contributed by atoms with E-state index in [2.05, 4.69) is 48.0 Å². The van der Waals surface area contributed by atoms with Gasteiger partial charge < -0.3 is 14.4 Å². The number of likely N-dealkylation sites (N-methyl/N-ethyl adjacent to an activating group) is 1. The maximum absolute atomic E-state index is 6.15. The highest BCUT2D eigenvalue weighted by Crippen LogP contribution is 2.23. The van der Waals surface area contributed by atoms with Crippen molar-refractivity contribution in [3.63, 3.8) is 0 Å². The topological polar surface area (TPSA) is 24.9 Å². The van der Waals surface area contributed by atoms with Gasteiger partial charge in [-0.05, 0) is 37.2 Å². The summed E-state index contributed by atoms with van der Waals surface area (Å²) >= 11 is 0. The highest BCUT2D eigenvalue weighted by molar-refractivity contribution is 5.34. The minimum atomic E-state index is 0.550. The van der Waals surface area contributed by atoms with Crippen molar-refractivity contribution in [2.75, 3.05) is 33.8 Å². The molecular weight excluding hydrogens is 324 g/mol. The summed E-state index contributed by atoms with van der Waals surface area (Å²) in [5.41, 5.74) is 2.37. The van der Waals surface area contributed by atoms with Crippen LogP contribution in [0, 0.1) is 0 Å². The Balaban J connectivity index is 1.64. The SMILES string of the molecule is CC[C@@H]1CN(Cc2ccccc2OCc2cccc(OC)c2)CCN1C. The van der Waals surface area contributed by atoms with Crippen LogP contribution in [0.5, 0.6) is 11.5 Å². The second kappa shape index (κ2) is 9.06. The largest absolute Gasteiger partial charge is 0.497 e. The average Bonchev–Trinajstić information content (AvgIpc) is 2.69. The molecule has 0 saturated carbocycles. The third-order valence-electron chi connectivity index (χ3n) is 5.23. The molecule has 0 aromatic heterocycles. The zero-order chi connectivity index (χ0) is 18.4. The summed E-state index contributed by atoms with van der Waals surface area (Å²) in [6.45, 7) is 7.13. The van der Waals surface area contributed by atoms with Gasteiger partial charge in [-0.3, -0.25) is 4.90 Å². The summed E-state index contributed by atoms with van der Waals surface area (Å²) in [5, 5.41) is 0. The number of methoxy groups -OCH3 is 1. The molecule has 1 saturated heterocycles. The van der Waals surface area contributed by atoms with Gasteiger partial charge >= 0.3 is 0 Å². The Hall–Kier alpha value is -2.04. The zero-order valence-corrected chi connectivity index (χ0v) is 16.1. The van der Waals surface area contributed by atoms with E-state index in [-0.39, 0.29) is 0 Å². The maximum Gasteiger partial charge on any atom is 0.124 e. The molecular formula is C22H30N2O2. The van der Waals surface area contributed by atoms with Crippen LogP contribution in [-0.2, 0) is 13.2 Å². The molecule has 3 rings (SSSR count). The molecule has 1 heterocycles. The number of rotatable bonds is 7. The fourth-order valence-corrected chi connectivity index (χ4v) is 3.53. The Kier molecular flexibility index (Phi) is 6.53. The molecule has 0 radical (unpaired) electrons. The molecule has 0 unspecified atom stereocenters. The first-order valence-electron chi connectivity index (χ1n) is 9.45. The van der Waals surface area contributed by atoms with Crippen molar-refractivity contribution in [2.24, 2.45) is 0 Å². The maximum atomic E-state index is 6.15. The van der Waals surface area contributed by atoms with E-state index in [0.717, 1.165) is 43.2 Å². The third-order valence-corrected chi connectivity index (χ3v) is 5.23. The first-order valence-corrected chi connectivity index (χ1v) is 9.45. The van der Waals surface area contributed by atoms with Gasteiger partial charge in [0.15, 0.2) is 0 Å². The Morgan fingerprint density at radius 2 is 1.92 bits per heavy atom. The second-order valence-electron chi connectivity index (χ2n) is 7.03. The van der Waals surface area contributed by atoms with E-state index in [1.807, 2.05) is 24.3 Å². The quantitative estimate of drug-likeness (QED) is 0.755. The normalized spacial score (nSPS) is 18.7. The lowest BCUT2D eigenvalue weighted by molar-refractivity contribution is 0.0875. The van der Waals surface area contributed by atoms with Crippen molar-refractivity contribution in [3.05, 3.63) is 59.7 Å². The van der Waals surface area contributed by atoms with Crippen LogP contribution in [0.25, 0.3) is 0 Å². The number of benzene rings is 2. The molecule has 4 nitrogen and oxygen atoms in total.